The van der Waals surface area contributed by atoms with Crippen LogP contribution in [0.2, 0.25) is 0 Å². The molecule has 0 fully saturated rings. The number of halogens is 4. The van der Waals surface area contributed by atoms with E-state index in [2.05, 4.69) is 37.2 Å². The van der Waals surface area contributed by atoms with Gasteiger partial charge in [0.2, 0.25) is 0 Å². The lowest BCUT2D eigenvalue weighted by atomic mass is 10.2. The number of anilines is 1. The molecule has 1 N–H and O–H groups in total. The van der Waals surface area contributed by atoms with E-state index in [4.69, 9.17) is 0 Å². The molecule has 0 aliphatic heterocycles. The average Bonchev–Trinajstić information content (AvgIpc) is 2.77. The molecule has 0 aliphatic rings. The fourth-order valence-corrected chi connectivity index (χ4v) is 2.70. The molecular weight excluding hydrogens is 410 g/mol. The molecule has 1 heterocycles. The van der Waals surface area contributed by atoms with Crippen LogP contribution in [0.1, 0.15) is 23.8 Å². The average molecular weight is 422 g/mol. The van der Waals surface area contributed by atoms with Gasteiger partial charge in [-0.25, -0.2) is 8.78 Å². The van der Waals surface area contributed by atoms with Crippen molar-refractivity contribution in [2.24, 2.45) is 0 Å². The summed E-state index contributed by atoms with van der Waals surface area (Å²) in [5.74, 6) is -1.99. The Labute approximate surface area is 137 Å². The minimum Gasteiger partial charge on any atom is -0.342 e. The Balaban J connectivity index is 2.28. The molecule has 0 bridgehead atoms. The monoisotopic (exact) mass is 420 g/mol. The molecule has 0 radical (unpaired) electrons. The summed E-state index contributed by atoms with van der Waals surface area (Å²) >= 11 is 6.27. The highest BCUT2D eigenvalue weighted by atomic mass is 79.9. The first-order valence-corrected chi connectivity index (χ1v) is 7.82. The van der Waals surface area contributed by atoms with Crippen LogP contribution in [0.4, 0.5) is 14.5 Å². The predicted octanol–water partition coefficient (Wildman–Crippen LogP) is 4.95. The van der Waals surface area contributed by atoms with Crippen molar-refractivity contribution in [1.29, 1.82) is 0 Å². The largest absolute Gasteiger partial charge is 0.342 e. The number of carbonyl (C=O) groups excluding carboxylic acids is 1. The van der Waals surface area contributed by atoms with Gasteiger partial charge in [-0.15, -0.1) is 0 Å². The van der Waals surface area contributed by atoms with Crippen LogP contribution in [0.5, 0.6) is 0 Å². The molecule has 7 heteroatoms. The highest BCUT2D eigenvalue weighted by Gasteiger charge is 2.16. The van der Waals surface area contributed by atoms with E-state index in [1.165, 1.54) is 6.07 Å². The summed E-state index contributed by atoms with van der Waals surface area (Å²) in [5, 5.41) is 2.45. The molecule has 0 aliphatic carbocycles. The van der Waals surface area contributed by atoms with Crippen LogP contribution in [-0.4, -0.2) is 10.5 Å². The number of nitrogens with zero attached hydrogens (tertiary/aromatic N) is 1. The number of hydrogen-bond acceptors (Lipinski definition) is 1. The Morgan fingerprint density at radius 1 is 1.24 bits per heavy atom. The van der Waals surface area contributed by atoms with Crippen molar-refractivity contribution in [2.75, 3.05) is 5.32 Å². The molecule has 1 amide bonds. The predicted molar refractivity (Wildman–Crippen MR) is 84.4 cm³/mol. The van der Waals surface area contributed by atoms with Crippen molar-refractivity contribution < 1.29 is 13.6 Å². The highest BCUT2D eigenvalue weighted by Crippen LogP contribution is 2.24. The highest BCUT2D eigenvalue weighted by molar-refractivity contribution is 9.10. The van der Waals surface area contributed by atoms with Crippen molar-refractivity contribution in [3.63, 3.8) is 0 Å². The first-order chi connectivity index (χ1) is 9.92. The second-order valence-corrected chi connectivity index (χ2v) is 6.21. The number of hydrogen-bond donors (Lipinski definition) is 1. The third kappa shape index (κ3) is 3.71. The fraction of sp³-hybridized carbons (Fsp3) is 0.214. The summed E-state index contributed by atoms with van der Waals surface area (Å²) in [7, 11) is 0. The van der Waals surface area contributed by atoms with Gasteiger partial charge in [-0.3, -0.25) is 4.79 Å². The maximum atomic E-state index is 13.7. The summed E-state index contributed by atoms with van der Waals surface area (Å²) in [6.45, 7) is 2.66. The number of aryl methyl sites for hydroxylation is 1. The summed E-state index contributed by atoms with van der Waals surface area (Å²) in [6, 6.07) is 3.58. The third-order valence-electron chi connectivity index (χ3n) is 2.82. The van der Waals surface area contributed by atoms with E-state index >= 15 is 0 Å². The molecule has 0 atom stereocenters. The number of rotatable bonds is 4. The molecular formula is C14H12Br2F2N2O. The SMILES string of the molecule is CCCn1cc(Br)cc1C(=O)Nc1cc(Br)c(F)cc1F. The molecule has 0 saturated heterocycles. The molecule has 0 spiro atoms. The number of carbonyl (C=O) groups is 1. The van der Waals surface area contributed by atoms with Crippen molar-refractivity contribution >= 4 is 43.5 Å². The Bertz CT molecular complexity index is 686. The van der Waals surface area contributed by atoms with Crippen LogP contribution >= 0.6 is 31.9 Å². The lowest BCUT2D eigenvalue weighted by molar-refractivity contribution is 0.101. The molecule has 112 valence electrons. The first kappa shape index (κ1) is 16.2. The lowest BCUT2D eigenvalue weighted by Crippen LogP contribution is -2.17. The maximum absolute atomic E-state index is 13.7. The first-order valence-electron chi connectivity index (χ1n) is 6.24. The molecule has 21 heavy (non-hydrogen) atoms. The summed E-state index contributed by atoms with van der Waals surface area (Å²) in [5.41, 5.74) is 0.331. The van der Waals surface area contributed by atoms with Gasteiger partial charge in [0.15, 0.2) is 0 Å². The Hall–Kier alpha value is -1.21. The van der Waals surface area contributed by atoms with E-state index in [0.717, 1.165) is 17.0 Å². The number of amides is 1. The van der Waals surface area contributed by atoms with Crippen LogP contribution in [0.25, 0.3) is 0 Å². The summed E-state index contributed by atoms with van der Waals surface area (Å²) in [4.78, 5) is 12.2. The van der Waals surface area contributed by atoms with E-state index in [-0.39, 0.29) is 10.2 Å². The van der Waals surface area contributed by atoms with Gasteiger partial charge in [-0.05, 0) is 50.4 Å². The number of aromatic nitrogens is 1. The van der Waals surface area contributed by atoms with Gasteiger partial charge in [-0.2, -0.15) is 0 Å². The van der Waals surface area contributed by atoms with E-state index < -0.39 is 17.5 Å². The molecule has 3 nitrogen and oxygen atoms in total. The van der Waals surface area contributed by atoms with E-state index in [1.807, 2.05) is 6.92 Å². The van der Waals surface area contributed by atoms with Gasteiger partial charge < -0.3 is 9.88 Å². The molecule has 1 aromatic heterocycles. The van der Waals surface area contributed by atoms with E-state index in [1.54, 1.807) is 16.8 Å². The van der Waals surface area contributed by atoms with Crippen molar-refractivity contribution in [2.45, 2.75) is 19.9 Å². The smallest absolute Gasteiger partial charge is 0.272 e. The van der Waals surface area contributed by atoms with E-state index in [0.29, 0.717) is 12.2 Å². The molecule has 0 unspecified atom stereocenters. The van der Waals surface area contributed by atoms with Crippen LogP contribution < -0.4 is 5.32 Å². The van der Waals surface area contributed by atoms with Gasteiger partial charge in [-0.1, -0.05) is 6.92 Å². The zero-order chi connectivity index (χ0) is 15.6. The van der Waals surface area contributed by atoms with Crippen LogP contribution in [0, 0.1) is 11.6 Å². The minimum atomic E-state index is -0.822. The Morgan fingerprint density at radius 3 is 2.62 bits per heavy atom. The summed E-state index contributed by atoms with van der Waals surface area (Å²) < 4.78 is 29.5. The van der Waals surface area contributed by atoms with Gasteiger partial charge in [0, 0.05) is 23.3 Å². The van der Waals surface area contributed by atoms with Gasteiger partial charge in [0.05, 0.1) is 10.2 Å². The molecule has 0 saturated carbocycles. The lowest BCUT2D eigenvalue weighted by Gasteiger charge is -2.10. The van der Waals surface area contributed by atoms with E-state index in [9.17, 15) is 13.6 Å². The quantitative estimate of drug-likeness (QED) is 0.696. The number of benzene rings is 1. The standard InChI is InChI=1S/C14H12Br2F2N2O/c1-2-3-20-7-8(15)4-13(20)14(21)19-12-5-9(16)10(17)6-11(12)18/h4-7H,2-3H2,1H3,(H,19,21). The van der Waals surface area contributed by atoms with Crippen molar-refractivity contribution in [3.8, 4) is 0 Å². The van der Waals surface area contributed by atoms with Crippen LogP contribution in [0.15, 0.2) is 33.3 Å². The topological polar surface area (TPSA) is 34.0 Å². The Morgan fingerprint density at radius 2 is 1.95 bits per heavy atom. The fourth-order valence-electron chi connectivity index (χ4n) is 1.90. The molecule has 2 rings (SSSR count). The van der Waals surface area contributed by atoms with Crippen LogP contribution in [-0.2, 0) is 6.54 Å². The minimum absolute atomic E-state index is 0.0753. The second kappa shape index (κ2) is 6.70. The number of nitrogens with one attached hydrogen (secondary N) is 1. The van der Waals surface area contributed by atoms with Crippen LogP contribution in [0.3, 0.4) is 0 Å². The van der Waals surface area contributed by atoms with Gasteiger partial charge >= 0.3 is 0 Å². The third-order valence-corrected chi connectivity index (χ3v) is 3.86. The normalized spacial score (nSPS) is 10.7. The zero-order valence-electron chi connectivity index (χ0n) is 11.1. The Kier molecular flexibility index (Phi) is 5.16. The summed E-state index contributed by atoms with van der Waals surface area (Å²) in [6.07, 6.45) is 2.65. The maximum Gasteiger partial charge on any atom is 0.272 e. The van der Waals surface area contributed by atoms with Crippen molar-refractivity contribution in [1.82, 2.24) is 4.57 Å². The van der Waals surface area contributed by atoms with Crippen molar-refractivity contribution in [3.05, 3.63) is 50.7 Å². The van der Waals surface area contributed by atoms with Gasteiger partial charge in [0.25, 0.3) is 5.91 Å². The molecule has 1 aromatic carbocycles. The molecule has 2 aromatic rings. The zero-order valence-corrected chi connectivity index (χ0v) is 14.3. The van der Waals surface area contributed by atoms with Gasteiger partial charge in [0.1, 0.15) is 17.3 Å². The second-order valence-electron chi connectivity index (χ2n) is 4.44.